The molecule has 0 amide bonds. The van der Waals surface area contributed by atoms with Crippen LogP contribution in [0.2, 0.25) is 18.1 Å². The molecule has 0 spiro atoms. The minimum Gasteiger partial charge on any atom is -0.413 e. The van der Waals surface area contributed by atoms with Gasteiger partial charge in [-0.1, -0.05) is 40.7 Å². The van der Waals surface area contributed by atoms with E-state index < -0.39 is 8.32 Å². The lowest BCUT2D eigenvalue weighted by Gasteiger charge is -2.40. The molecule has 0 aromatic rings. The molecule has 0 fully saturated rings. The highest BCUT2D eigenvalue weighted by molar-refractivity contribution is 6.74. The molecule has 0 radical (unpaired) electrons. The molecule has 0 rings (SSSR count). The van der Waals surface area contributed by atoms with E-state index in [0.717, 1.165) is 6.42 Å². The SMILES string of the molecule is C=CC[C@H](O[Si](C)(C)C(C)(C)C)[C@@H](C)C(=O)CC. The molecular weight excluding hydrogens is 240 g/mol. The highest BCUT2D eigenvalue weighted by atomic mass is 28.4. The molecule has 0 unspecified atom stereocenters. The zero-order chi connectivity index (χ0) is 14.6. The van der Waals surface area contributed by atoms with Crippen LogP contribution in [0.25, 0.3) is 0 Å². The van der Waals surface area contributed by atoms with Crippen LogP contribution in [0.3, 0.4) is 0 Å². The van der Waals surface area contributed by atoms with Crippen molar-refractivity contribution in [1.29, 1.82) is 0 Å². The Morgan fingerprint density at radius 2 is 1.89 bits per heavy atom. The van der Waals surface area contributed by atoms with Gasteiger partial charge < -0.3 is 4.43 Å². The molecule has 0 aliphatic heterocycles. The summed E-state index contributed by atoms with van der Waals surface area (Å²) in [7, 11) is -1.83. The number of carbonyl (C=O) groups is 1. The second kappa shape index (κ2) is 6.67. The van der Waals surface area contributed by atoms with Gasteiger partial charge in [0.2, 0.25) is 0 Å². The van der Waals surface area contributed by atoms with Crippen molar-refractivity contribution in [3.05, 3.63) is 12.7 Å². The maximum Gasteiger partial charge on any atom is 0.192 e. The third-order valence-electron chi connectivity index (χ3n) is 4.07. The van der Waals surface area contributed by atoms with Gasteiger partial charge in [0, 0.05) is 12.3 Å². The summed E-state index contributed by atoms with van der Waals surface area (Å²) in [5.41, 5.74) is 0. The normalized spacial score (nSPS) is 16.2. The molecule has 2 nitrogen and oxygen atoms in total. The Morgan fingerprint density at radius 3 is 2.22 bits per heavy atom. The summed E-state index contributed by atoms with van der Waals surface area (Å²) in [6.07, 6.45) is 3.17. The Balaban J connectivity index is 4.93. The minimum atomic E-state index is -1.83. The summed E-state index contributed by atoms with van der Waals surface area (Å²) in [4.78, 5) is 11.9. The number of carbonyl (C=O) groups excluding carboxylic acids is 1. The first kappa shape index (κ1) is 17.6. The van der Waals surface area contributed by atoms with E-state index in [0.29, 0.717) is 6.42 Å². The Labute approximate surface area is 114 Å². The van der Waals surface area contributed by atoms with Gasteiger partial charge in [0.1, 0.15) is 5.78 Å². The van der Waals surface area contributed by atoms with Gasteiger partial charge in [-0.3, -0.25) is 4.79 Å². The van der Waals surface area contributed by atoms with Gasteiger partial charge in [-0.05, 0) is 24.6 Å². The molecule has 0 bridgehead atoms. The van der Waals surface area contributed by atoms with Crippen LogP contribution >= 0.6 is 0 Å². The maximum atomic E-state index is 11.9. The molecular formula is C15H30O2Si. The van der Waals surface area contributed by atoms with Crippen molar-refractivity contribution >= 4 is 14.1 Å². The molecule has 0 saturated carbocycles. The van der Waals surface area contributed by atoms with Crippen LogP contribution in [0.4, 0.5) is 0 Å². The van der Waals surface area contributed by atoms with Gasteiger partial charge >= 0.3 is 0 Å². The number of rotatable bonds is 7. The van der Waals surface area contributed by atoms with Crippen molar-refractivity contribution in [3.63, 3.8) is 0 Å². The molecule has 2 atom stereocenters. The van der Waals surface area contributed by atoms with Gasteiger partial charge in [0.15, 0.2) is 8.32 Å². The zero-order valence-electron chi connectivity index (χ0n) is 13.2. The van der Waals surface area contributed by atoms with Gasteiger partial charge in [-0.25, -0.2) is 0 Å². The second-order valence-corrected chi connectivity index (χ2v) is 11.3. The van der Waals surface area contributed by atoms with Crippen molar-refractivity contribution in [2.75, 3.05) is 0 Å². The number of ketones is 1. The van der Waals surface area contributed by atoms with E-state index in [2.05, 4.69) is 40.4 Å². The second-order valence-electron chi connectivity index (χ2n) is 6.55. The number of Topliss-reactive ketones (excluding diaryl/α,β-unsaturated/α-hetero) is 1. The Morgan fingerprint density at radius 1 is 1.39 bits per heavy atom. The lowest BCUT2D eigenvalue weighted by atomic mass is 9.96. The summed E-state index contributed by atoms with van der Waals surface area (Å²) in [6, 6.07) is 0. The van der Waals surface area contributed by atoms with Gasteiger partial charge in [0.05, 0.1) is 6.10 Å². The van der Waals surface area contributed by atoms with E-state index in [4.69, 9.17) is 4.43 Å². The van der Waals surface area contributed by atoms with Gasteiger partial charge in [-0.15, -0.1) is 6.58 Å². The minimum absolute atomic E-state index is 0.0177. The van der Waals surface area contributed by atoms with E-state index in [1.807, 2.05) is 19.9 Å². The first-order chi connectivity index (χ1) is 8.06. The summed E-state index contributed by atoms with van der Waals surface area (Å²) in [6.45, 7) is 18.8. The highest BCUT2D eigenvalue weighted by Gasteiger charge is 2.40. The lowest BCUT2D eigenvalue weighted by molar-refractivity contribution is -0.124. The van der Waals surface area contributed by atoms with Crippen LogP contribution in [0.1, 0.15) is 47.5 Å². The molecule has 0 aliphatic rings. The number of hydrogen-bond donors (Lipinski definition) is 0. The molecule has 0 aromatic carbocycles. The predicted octanol–water partition coefficient (Wildman–Crippen LogP) is 4.57. The van der Waals surface area contributed by atoms with Crippen molar-refractivity contribution in [3.8, 4) is 0 Å². The van der Waals surface area contributed by atoms with Crippen LogP contribution in [0, 0.1) is 5.92 Å². The fourth-order valence-corrected chi connectivity index (χ4v) is 3.01. The van der Waals surface area contributed by atoms with Crippen LogP contribution in [0.15, 0.2) is 12.7 Å². The summed E-state index contributed by atoms with van der Waals surface area (Å²) < 4.78 is 6.37. The molecule has 0 saturated heterocycles. The Bertz CT molecular complexity index is 289. The monoisotopic (exact) mass is 270 g/mol. The standard InChI is InChI=1S/C15H30O2Si/c1-9-11-14(12(3)13(16)10-2)17-18(7,8)15(4,5)6/h9,12,14H,1,10-11H2,2-8H3/t12-,14-/m0/s1. The van der Waals surface area contributed by atoms with E-state index in [1.165, 1.54) is 0 Å². The third kappa shape index (κ3) is 4.69. The molecule has 0 N–H and O–H groups in total. The molecule has 106 valence electrons. The van der Waals surface area contributed by atoms with Gasteiger partial charge in [0.25, 0.3) is 0 Å². The van der Waals surface area contributed by atoms with Crippen LogP contribution in [-0.2, 0) is 9.22 Å². The predicted molar refractivity (Wildman–Crippen MR) is 81.3 cm³/mol. The summed E-state index contributed by atoms with van der Waals surface area (Å²) in [5, 5.41) is 0.168. The molecule has 3 heteroatoms. The zero-order valence-corrected chi connectivity index (χ0v) is 14.2. The highest BCUT2D eigenvalue weighted by Crippen LogP contribution is 2.38. The van der Waals surface area contributed by atoms with Crippen LogP contribution in [-0.4, -0.2) is 20.2 Å². The smallest absolute Gasteiger partial charge is 0.192 e. The maximum absolute atomic E-state index is 11.9. The average molecular weight is 270 g/mol. The number of hydrogen-bond acceptors (Lipinski definition) is 2. The first-order valence-corrected chi connectivity index (χ1v) is 9.79. The van der Waals surface area contributed by atoms with E-state index in [9.17, 15) is 4.79 Å². The largest absolute Gasteiger partial charge is 0.413 e. The molecule has 0 aromatic heterocycles. The van der Waals surface area contributed by atoms with Gasteiger partial charge in [-0.2, -0.15) is 0 Å². The molecule has 0 aliphatic carbocycles. The topological polar surface area (TPSA) is 26.3 Å². The Kier molecular flexibility index (Phi) is 6.51. The van der Waals surface area contributed by atoms with E-state index in [-0.39, 0.29) is 22.8 Å². The molecule has 0 heterocycles. The van der Waals surface area contributed by atoms with Crippen molar-refractivity contribution in [2.45, 2.75) is 71.7 Å². The van der Waals surface area contributed by atoms with Crippen LogP contribution in [0.5, 0.6) is 0 Å². The van der Waals surface area contributed by atoms with E-state index in [1.54, 1.807) is 0 Å². The fraction of sp³-hybridized carbons (Fsp3) is 0.800. The average Bonchev–Trinajstić information content (AvgIpc) is 2.24. The Hall–Kier alpha value is -0.413. The van der Waals surface area contributed by atoms with Crippen molar-refractivity contribution in [2.24, 2.45) is 5.92 Å². The molecule has 18 heavy (non-hydrogen) atoms. The van der Waals surface area contributed by atoms with Crippen molar-refractivity contribution in [1.82, 2.24) is 0 Å². The summed E-state index contributed by atoms with van der Waals surface area (Å²) >= 11 is 0. The first-order valence-electron chi connectivity index (χ1n) is 6.88. The summed E-state index contributed by atoms with van der Waals surface area (Å²) in [5.74, 6) is 0.239. The quantitative estimate of drug-likeness (QED) is 0.500. The fourth-order valence-electron chi connectivity index (χ4n) is 1.60. The lowest BCUT2D eigenvalue weighted by Crippen LogP contribution is -2.46. The van der Waals surface area contributed by atoms with Crippen molar-refractivity contribution < 1.29 is 9.22 Å². The van der Waals surface area contributed by atoms with E-state index >= 15 is 0 Å². The third-order valence-corrected chi connectivity index (χ3v) is 8.57. The van der Waals surface area contributed by atoms with Crippen LogP contribution < -0.4 is 0 Å².